The summed E-state index contributed by atoms with van der Waals surface area (Å²) in [6, 6.07) is 45.8. The van der Waals surface area contributed by atoms with Gasteiger partial charge in [0.1, 0.15) is 4.83 Å². The second kappa shape index (κ2) is 13.2. The van der Waals surface area contributed by atoms with E-state index in [0.717, 1.165) is 28.5 Å². The van der Waals surface area contributed by atoms with Crippen LogP contribution in [-0.2, 0) is 6.42 Å². The fraction of sp³-hybridized carbons (Fsp3) is 0.105. The van der Waals surface area contributed by atoms with E-state index in [1.807, 2.05) is 59.9 Å². The first-order valence-corrected chi connectivity index (χ1v) is 13.9. The van der Waals surface area contributed by atoms with Crippen molar-refractivity contribution < 1.29 is 0 Å². The lowest BCUT2D eigenvalue weighted by Crippen LogP contribution is -1.85. The highest BCUT2D eigenvalue weighted by atomic mass is 32.1. The van der Waals surface area contributed by atoms with Crippen LogP contribution in [-0.4, -0.2) is 14.4 Å². The number of hydrogen-bond acceptors (Lipinski definition) is 3. The number of fused-ring (bicyclic) bond motifs is 8. The standard InChI is InChI=1S/C13H10.C12H8N2.C10H7NS.3CH4/c1-3-7-12-10(5-1)9-11-6-2-4-8-13(11)12;1-2-6-10-9(5-1)13-11-7-3-4-8-12(11)14-10;1-2-5-9-8(4-1)11-7-3-6-10(11)12-9;;;/h1-8H,9H2;1-8H;1-7H;3*1H4. The fourth-order valence-electron chi connectivity index (χ4n) is 5.15. The van der Waals surface area contributed by atoms with E-state index in [-0.39, 0.29) is 22.3 Å². The van der Waals surface area contributed by atoms with Crippen LogP contribution in [0.1, 0.15) is 33.4 Å². The summed E-state index contributed by atoms with van der Waals surface area (Å²) in [5.41, 5.74) is 10.9. The van der Waals surface area contributed by atoms with Gasteiger partial charge in [0.25, 0.3) is 0 Å². The Hall–Kier alpha value is -4.80. The minimum atomic E-state index is 0. The largest absolute Gasteiger partial charge is 0.307 e. The zero-order valence-corrected chi connectivity index (χ0v) is 22.1. The van der Waals surface area contributed by atoms with Crippen molar-refractivity contribution in [2.24, 2.45) is 0 Å². The third-order valence-electron chi connectivity index (χ3n) is 7.00. The Kier molecular flexibility index (Phi) is 9.51. The molecule has 0 aliphatic heterocycles. The average molecular weight is 568 g/mol. The lowest BCUT2D eigenvalue weighted by Gasteiger charge is -1.98. The lowest BCUT2D eigenvalue weighted by molar-refractivity contribution is 1.26. The molecule has 0 radical (unpaired) electrons. The van der Waals surface area contributed by atoms with Gasteiger partial charge >= 0.3 is 0 Å². The van der Waals surface area contributed by atoms with Crippen LogP contribution in [0.2, 0.25) is 0 Å². The van der Waals surface area contributed by atoms with E-state index in [1.165, 1.54) is 37.3 Å². The van der Waals surface area contributed by atoms with Crippen LogP contribution < -0.4 is 0 Å². The van der Waals surface area contributed by atoms with Crippen LogP contribution >= 0.6 is 11.3 Å². The van der Waals surface area contributed by atoms with Crippen molar-refractivity contribution >= 4 is 48.5 Å². The van der Waals surface area contributed by atoms with E-state index in [0.29, 0.717) is 0 Å². The molecule has 42 heavy (non-hydrogen) atoms. The van der Waals surface area contributed by atoms with E-state index in [2.05, 4.69) is 105 Å². The Morgan fingerprint density at radius 2 is 0.929 bits per heavy atom. The smallest absolute Gasteiger partial charge is 0.100 e. The van der Waals surface area contributed by atoms with E-state index >= 15 is 0 Å². The van der Waals surface area contributed by atoms with E-state index in [1.54, 1.807) is 0 Å². The Morgan fingerprint density at radius 1 is 0.476 bits per heavy atom. The third kappa shape index (κ3) is 5.81. The van der Waals surface area contributed by atoms with Crippen molar-refractivity contribution in [1.29, 1.82) is 0 Å². The quantitative estimate of drug-likeness (QED) is 0.171. The number of nitrogens with zero attached hydrogens (tertiary/aromatic N) is 3. The van der Waals surface area contributed by atoms with Gasteiger partial charge < -0.3 is 4.40 Å². The molecule has 0 spiro atoms. The van der Waals surface area contributed by atoms with Crippen molar-refractivity contribution in [1.82, 2.24) is 14.4 Å². The molecule has 0 saturated carbocycles. The molecule has 0 unspecified atom stereocenters. The number of hydrogen-bond donors (Lipinski definition) is 0. The highest BCUT2D eigenvalue weighted by Gasteiger charge is 2.15. The van der Waals surface area contributed by atoms with E-state index in [4.69, 9.17) is 0 Å². The van der Waals surface area contributed by atoms with Crippen LogP contribution in [0.25, 0.3) is 48.2 Å². The zero-order valence-electron chi connectivity index (χ0n) is 21.2. The number of thiazole rings is 1. The first-order chi connectivity index (χ1) is 19.3. The van der Waals surface area contributed by atoms with Crippen LogP contribution in [0.3, 0.4) is 0 Å². The second-order valence-corrected chi connectivity index (χ2v) is 10.5. The molecule has 210 valence electrons. The van der Waals surface area contributed by atoms with Crippen molar-refractivity contribution in [3.63, 3.8) is 0 Å². The Balaban J connectivity index is 0.000000140. The molecule has 0 N–H and O–H groups in total. The normalized spacial score (nSPS) is 10.7. The fourth-order valence-corrected chi connectivity index (χ4v) is 6.20. The summed E-state index contributed by atoms with van der Waals surface area (Å²) < 4.78 is 3.58. The Morgan fingerprint density at radius 3 is 1.48 bits per heavy atom. The van der Waals surface area contributed by atoms with Crippen LogP contribution in [0.4, 0.5) is 0 Å². The van der Waals surface area contributed by atoms with Crippen LogP contribution in [0.15, 0.2) is 140 Å². The lowest BCUT2D eigenvalue weighted by atomic mass is 10.1. The SMILES string of the molecule is C.C.C.c1ccc2c(c1)Cc1ccccc1-2.c1ccc2c(c1)sc1cccn12.c1ccc2nc3ccccc3nc2c1. The second-order valence-electron chi connectivity index (χ2n) is 9.48. The summed E-state index contributed by atoms with van der Waals surface area (Å²) in [6.07, 6.45) is 3.21. The molecule has 1 aliphatic carbocycles. The monoisotopic (exact) mass is 567 g/mol. The molecule has 3 nitrogen and oxygen atoms in total. The predicted octanol–water partition coefficient (Wildman–Crippen LogP) is 11.1. The van der Waals surface area contributed by atoms with Gasteiger partial charge in [-0.2, -0.15) is 0 Å². The third-order valence-corrected chi connectivity index (χ3v) is 8.11. The first kappa shape index (κ1) is 30.2. The number of para-hydroxylation sites is 5. The van der Waals surface area contributed by atoms with Gasteiger partial charge in [-0.3, -0.25) is 0 Å². The molecule has 0 atom stereocenters. The van der Waals surface area contributed by atoms with E-state index in [9.17, 15) is 0 Å². The van der Waals surface area contributed by atoms with Gasteiger partial charge in [0.15, 0.2) is 0 Å². The molecule has 0 bridgehead atoms. The number of aromatic nitrogens is 3. The van der Waals surface area contributed by atoms with Gasteiger partial charge in [0.05, 0.1) is 32.3 Å². The van der Waals surface area contributed by atoms with Gasteiger partial charge in [-0.05, 0) is 77.2 Å². The molecule has 5 aromatic carbocycles. The molecule has 0 fully saturated rings. The predicted molar refractivity (Wildman–Crippen MR) is 185 cm³/mol. The van der Waals surface area contributed by atoms with Gasteiger partial charge in [0.2, 0.25) is 0 Å². The Labute approximate surface area is 252 Å². The number of benzene rings is 5. The molecule has 3 heterocycles. The first-order valence-electron chi connectivity index (χ1n) is 13.1. The summed E-state index contributed by atoms with van der Waals surface area (Å²) in [5, 5.41) is 0. The molecule has 4 heteroatoms. The zero-order chi connectivity index (χ0) is 26.0. The molecule has 0 amide bonds. The van der Waals surface area contributed by atoms with Crippen LogP contribution in [0.5, 0.6) is 0 Å². The summed E-state index contributed by atoms with van der Waals surface area (Å²) >= 11 is 1.83. The van der Waals surface area contributed by atoms with E-state index < -0.39 is 0 Å². The summed E-state index contributed by atoms with van der Waals surface area (Å²) in [4.78, 5) is 10.3. The minimum Gasteiger partial charge on any atom is -0.307 e. The van der Waals surface area contributed by atoms with Gasteiger partial charge in [0, 0.05) is 6.20 Å². The summed E-state index contributed by atoms with van der Waals surface area (Å²) in [6.45, 7) is 0. The van der Waals surface area contributed by atoms with Crippen molar-refractivity contribution in [3.8, 4) is 11.1 Å². The molecular weight excluding hydrogens is 531 g/mol. The highest BCUT2D eigenvalue weighted by Crippen LogP contribution is 2.35. The average Bonchev–Trinajstić information content (AvgIpc) is 3.70. The molecular formula is C38H37N3S. The number of rotatable bonds is 0. The van der Waals surface area contributed by atoms with Gasteiger partial charge in [-0.25, -0.2) is 9.97 Å². The maximum absolute atomic E-state index is 4.52. The maximum atomic E-state index is 4.52. The molecule has 1 aliphatic rings. The topological polar surface area (TPSA) is 30.2 Å². The van der Waals surface area contributed by atoms with Crippen molar-refractivity contribution in [3.05, 3.63) is 151 Å². The van der Waals surface area contributed by atoms with Crippen molar-refractivity contribution in [2.45, 2.75) is 28.7 Å². The van der Waals surface area contributed by atoms with Gasteiger partial charge in [-0.1, -0.05) is 107 Å². The molecule has 0 saturated heterocycles. The summed E-state index contributed by atoms with van der Waals surface area (Å²) in [5.74, 6) is 0. The molecule has 3 aromatic heterocycles. The summed E-state index contributed by atoms with van der Waals surface area (Å²) in [7, 11) is 0. The molecule has 8 aromatic rings. The maximum Gasteiger partial charge on any atom is 0.100 e. The highest BCUT2D eigenvalue weighted by molar-refractivity contribution is 7.23. The molecule has 9 rings (SSSR count). The van der Waals surface area contributed by atoms with Crippen molar-refractivity contribution in [2.75, 3.05) is 0 Å². The van der Waals surface area contributed by atoms with Gasteiger partial charge in [-0.15, -0.1) is 11.3 Å². The van der Waals surface area contributed by atoms with Crippen LogP contribution in [0, 0.1) is 0 Å². The minimum absolute atomic E-state index is 0. The Bertz CT molecular complexity index is 1920.